The second-order valence-electron chi connectivity index (χ2n) is 13.0. The summed E-state index contributed by atoms with van der Waals surface area (Å²) in [7, 11) is 2.74. The number of cyclic esters (lactones) is 1. The highest BCUT2D eigenvalue weighted by Crippen LogP contribution is 2.46. The largest absolute Gasteiger partial charge is 0.496 e. The number of methoxy groups -OCH3 is 2. The molecule has 3 fully saturated rings. The lowest BCUT2D eigenvalue weighted by molar-refractivity contribution is -0.149. The Morgan fingerprint density at radius 2 is 1.59 bits per heavy atom. The third-order valence-corrected chi connectivity index (χ3v) is 9.57. The van der Waals surface area contributed by atoms with Gasteiger partial charge in [-0.15, -0.1) is 0 Å². The maximum Gasteiger partial charge on any atom is 0.416 e. The van der Waals surface area contributed by atoms with Crippen LogP contribution in [0.3, 0.4) is 0 Å². The number of ether oxygens (including phenoxy) is 3. The molecule has 51 heavy (non-hydrogen) atoms. The number of aromatic nitrogens is 2. The van der Waals surface area contributed by atoms with Crippen molar-refractivity contribution in [3.8, 4) is 16.9 Å². The molecule has 2 aromatic carbocycles. The number of aryl methyl sites for hydroxylation is 1. The van der Waals surface area contributed by atoms with E-state index in [-0.39, 0.29) is 42.1 Å². The molecule has 1 aliphatic carbocycles. The molecule has 9 nitrogen and oxygen atoms in total. The standard InChI is InChI=1S/C34H32F8N4O5/c1-16-27(24-11-18(5-6-26(24)49-3)19-7-21(8-19)29(47)50-4)25(44-30(43-16)45-14-32(35,36)15-45)13-46-17(2)28(51-31(46)48)20-9-22(33(37,38)39)12-23(10-20)34(40,41)42/h5-6,9-12,17,19,21,28H,7-8,13-15H2,1-4H3/t17-,19?,21?,28-/m0/s1. The van der Waals surface area contributed by atoms with Crippen molar-refractivity contribution in [3.05, 3.63) is 70.0 Å². The Balaban J connectivity index is 1.39. The number of halogens is 8. The van der Waals surface area contributed by atoms with Crippen molar-refractivity contribution in [1.82, 2.24) is 14.9 Å². The molecule has 0 spiro atoms. The molecule has 3 aliphatic rings. The van der Waals surface area contributed by atoms with E-state index in [1.807, 2.05) is 12.1 Å². The van der Waals surface area contributed by atoms with E-state index in [4.69, 9.17) is 14.2 Å². The fraction of sp³-hybridized carbons (Fsp3) is 0.471. The fourth-order valence-corrected chi connectivity index (χ4v) is 6.76. The van der Waals surface area contributed by atoms with E-state index < -0.39 is 66.3 Å². The third-order valence-electron chi connectivity index (χ3n) is 9.57. The molecule has 2 saturated heterocycles. The van der Waals surface area contributed by atoms with Gasteiger partial charge in [-0.05, 0) is 74.1 Å². The van der Waals surface area contributed by atoms with Gasteiger partial charge in [0.05, 0.1) is 68.3 Å². The molecule has 0 radical (unpaired) electrons. The van der Waals surface area contributed by atoms with Gasteiger partial charge in [-0.2, -0.15) is 26.3 Å². The topological polar surface area (TPSA) is 94.1 Å². The number of anilines is 1. The average Bonchev–Trinajstić information content (AvgIpc) is 3.30. The monoisotopic (exact) mass is 728 g/mol. The van der Waals surface area contributed by atoms with E-state index in [1.54, 1.807) is 13.0 Å². The SMILES string of the molecule is COC(=O)C1CC(c2ccc(OC)c(-c3c(C)nc(N4CC(F)(F)C4)nc3CN3C(=O)O[C@H](c4cc(C(F)(F)F)cc(C(F)(F)F)c4)[C@@H]3C)c2)C1. The highest BCUT2D eigenvalue weighted by Gasteiger charge is 2.47. The molecular weight excluding hydrogens is 696 g/mol. The van der Waals surface area contributed by atoms with Crippen molar-refractivity contribution in [1.29, 1.82) is 0 Å². The first kappa shape index (κ1) is 36.1. The minimum Gasteiger partial charge on any atom is -0.496 e. The van der Waals surface area contributed by atoms with Crippen molar-refractivity contribution < 1.29 is 58.9 Å². The predicted molar refractivity (Wildman–Crippen MR) is 164 cm³/mol. The van der Waals surface area contributed by atoms with Crippen molar-refractivity contribution >= 4 is 18.0 Å². The molecule has 0 unspecified atom stereocenters. The highest BCUT2D eigenvalue weighted by atomic mass is 19.4. The molecule has 6 rings (SSSR count). The van der Waals surface area contributed by atoms with Crippen LogP contribution in [0, 0.1) is 12.8 Å². The minimum absolute atomic E-state index is 0.00517. The molecule has 3 heterocycles. The highest BCUT2D eigenvalue weighted by molar-refractivity contribution is 5.78. The first-order valence-electron chi connectivity index (χ1n) is 15.8. The molecule has 17 heteroatoms. The normalized spacial score (nSPS) is 23.0. The van der Waals surface area contributed by atoms with Crippen molar-refractivity contribution in [2.24, 2.45) is 5.92 Å². The Kier molecular flexibility index (Phi) is 9.07. The smallest absolute Gasteiger partial charge is 0.416 e. The Morgan fingerprint density at radius 1 is 0.961 bits per heavy atom. The number of benzene rings is 2. The summed E-state index contributed by atoms with van der Waals surface area (Å²) in [4.78, 5) is 36.7. The summed E-state index contributed by atoms with van der Waals surface area (Å²) in [5.41, 5.74) is -1.46. The number of hydrogen-bond acceptors (Lipinski definition) is 8. The summed E-state index contributed by atoms with van der Waals surface area (Å²) in [6.45, 7) is 1.32. The lowest BCUT2D eigenvalue weighted by Crippen LogP contribution is -2.57. The predicted octanol–water partition coefficient (Wildman–Crippen LogP) is 7.70. The van der Waals surface area contributed by atoms with E-state index in [1.165, 1.54) is 26.0 Å². The van der Waals surface area contributed by atoms with Gasteiger partial charge in [0, 0.05) is 11.1 Å². The first-order chi connectivity index (χ1) is 23.8. The number of hydrogen-bond donors (Lipinski definition) is 0. The minimum atomic E-state index is -5.12. The second kappa shape index (κ2) is 12.8. The van der Waals surface area contributed by atoms with Crippen molar-refractivity contribution in [2.45, 2.75) is 69.6 Å². The first-order valence-corrected chi connectivity index (χ1v) is 15.8. The summed E-state index contributed by atoms with van der Waals surface area (Å²) >= 11 is 0. The maximum atomic E-state index is 13.9. The van der Waals surface area contributed by atoms with Crippen LogP contribution in [0.4, 0.5) is 45.9 Å². The van der Waals surface area contributed by atoms with Gasteiger partial charge in [0.2, 0.25) is 5.95 Å². The van der Waals surface area contributed by atoms with Gasteiger partial charge in [0.15, 0.2) is 0 Å². The van der Waals surface area contributed by atoms with Crippen LogP contribution in [0.25, 0.3) is 11.1 Å². The number of esters is 1. The number of carbonyl (C=O) groups is 2. The van der Waals surface area contributed by atoms with Crippen LogP contribution in [0.2, 0.25) is 0 Å². The molecule has 1 saturated carbocycles. The van der Waals surface area contributed by atoms with Crippen LogP contribution < -0.4 is 9.64 Å². The van der Waals surface area contributed by atoms with E-state index in [0.29, 0.717) is 47.5 Å². The van der Waals surface area contributed by atoms with Gasteiger partial charge in [0.1, 0.15) is 11.9 Å². The molecule has 1 aromatic heterocycles. The van der Waals surface area contributed by atoms with Crippen LogP contribution in [0.15, 0.2) is 36.4 Å². The Hall–Kier alpha value is -4.70. The third kappa shape index (κ3) is 6.98. The average molecular weight is 729 g/mol. The summed E-state index contributed by atoms with van der Waals surface area (Å²) in [5.74, 6) is -3.24. The van der Waals surface area contributed by atoms with Crippen LogP contribution in [-0.4, -0.2) is 66.2 Å². The van der Waals surface area contributed by atoms with Gasteiger partial charge in [-0.1, -0.05) is 6.07 Å². The molecule has 0 N–H and O–H groups in total. The quantitative estimate of drug-likeness (QED) is 0.172. The van der Waals surface area contributed by atoms with Gasteiger partial charge < -0.3 is 19.1 Å². The van der Waals surface area contributed by atoms with Gasteiger partial charge >= 0.3 is 24.4 Å². The van der Waals surface area contributed by atoms with Gasteiger partial charge in [-0.3, -0.25) is 9.69 Å². The Morgan fingerprint density at radius 3 is 2.14 bits per heavy atom. The fourth-order valence-electron chi connectivity index (χ4n) is 6.76. The number of alkyl halides is 8. The van der Waals surface area contributed by atoms with Crippen LogP contribution in [-0.2, 0) is 33.2 Å². The summed E-state index contributed by atoms with van der Waals surface area (Å²) in [6.07, 6.45) is -11.7. The molecule has 2 atom stereocenters. The lowest BCUT2D eigenvalue weighted by Gasteiger charge is -2.39. The maximum absolute atomic E-state index is 13.9. The molecule has 0 bridgehead atoms. The molecule has 3 aromatic rings. The number of amides is 1. The molecular formula is C34H32F8N4O5. The Bertz CT molecular complexity index is 1820. The summed E-state index contributed by atoms with van der Waals surface area (Å²) in [6, 6.07) is 5.27. The number of nitrogens with zero attached hydrogens (tertiary/aromatic N) is 4. The van der Waals surface area contributed by atoms with Gasteiger partial charge in [0.25, 0.3) is 5.92 Å². The summed E-state index contributed by atoms with van der Waals surface area (Å²) < 4.78 is 125. The van der Waals surface area contributed by atoms with E-state index in [9.17, 15) is 44.7 Å². The van der Waals surface area contributed by atoms with Gasteiger partial charge in [-0.25, -0.2) is 23.5 Å². The summed E-state index contributed by atoms with van der Waals surface area (Å²) in [5, 5.41) is 0. The lowest BCUT2D eigenvalue weighted by atomic mass is 9.71. The van der Waals surface area contributed by atoms with E-state index >= 15 is 0 Å². The van der Waals surface area contributed by atoms with E-state index in [2.05, 4.69) is 9.97 Å². The molecule has 2 aliphatic heterocycles. The molecule has 274 valence electrons. The van der Waals surface area contributed by atoms with Crippen molar-refractivity contribution in [3.63, 3.8) is 0 Å². The Labute approximate surface area is 286 Å². The van der Waals surface area contributed by atoms with E-state index in [0.717, 1.165) is 10.5 Å². The zero-order chi connectivity index (χ0) is 37.2. The zero-order valence-electron chi connectivity index (χ0n) is 27.7. The zero-order valence-corrected chi connectivity index (χ0v) is 27.7. The van der Waals surface area contributed by atoms with Crippen LogP contribution in [0.1, 0.15) is 65.4 Å². The number of rotatable bonds is 8. The van der Waals surface area contributed by atoms with Crippen LogP contribution >= 0.6 is 0 Å². The van der Waals surface area contributed by atoms with Crippen LogP contribution in [0.5, 0.6) is 5.75 Å². The second-order valence-corrected chi connectivity index (χ2v) is 13.0. The molecule has 1 amide bonds. The number of carbonyl (C=O) groups excluding carboxylic acids is 2. The van der Waals surface area contributed by atoms with Crippen molar-refractivity contribution in [2.75, 3.05) is 32.2 Å².